The van der Waals surface area contributed by atoms with E-state index in [0.29, 0.717) is 12.8 Å². The Kier molecular flexibility index (Phi) is 4.90. The van der Waals surface area contributed by atoms with Crippen LogP contribution < -0.4 is 4.57 Å². The number of imidazole rings is 2. The van der Waals surface area contributed by atoms with Crippen molar-refractivity contribution in [3.8, 4) is 11.3 Å². The molecule has 0 atom stereocenters. The van der Waals surface area contributed by atoms with Crippen LogP contribution in [0.1, 0.15) is 26.0 Å². The summed E-state index contributed by atoms with van der Waals surface area (Å²) in [5.41, 5.74) is 5.71. The molecule has 0 aliphatic carbocycles. The van der Waals surface area contributed by atoms with Crippen LogP contribution in [0.2, 0.25) is 0 Å². The Balaban J connectivity index is 1.86. The minimum Gasteiger partial charge on any atom is -0.343 e. The lowest BCUT2D eigenvalue weighted by atomic mass is 10.1. The molecule has 0 saturated carbocycles. The molecule has 0 aliphatic heterocycles. The number of hydrogen-bond acceptors (Lipinski definition) is 1. The molecule has 0 spiro atoms. The Morgan fingerprint density at radius 2 is 1.71 bits per heavy atom. The van der Waals surface area contributed by atoms with Gasteiger partial charge in [-0.05, 0) is 26.0 Å². The highest BCUT2D eigenvalue weighted by Gasteiger charge is 2.26. The van der Waals surface area contributed by atoms with Crippen LogP contribution in [-0.2, 0) is 18.3 Å². The van der Waals surface area contributed by atoms with E-state index in [-0.39, 0.29) is 5.91 Å². The SMILES string of the molecule is CCN(CC)C(=O)CCc1c(-c2ccccc2)[nH]c2n1c1ccccc1[n+]2C. The summed E-state index contributed by atoms with van der Waals surface area (Å²) in [5.74, 6) is 1.24. The first-order valence-corrected chi connectivity index (χ1v) is 9.98. The van der Waals surface area contributed by atoms with Gasteiger partial charge >= 0.3 is 5.78 Å². The number of carbonyl (C=O) groups excluding carboxylic acids is 1. The Labute approximate surface area is 165 Å². The van der Waals surface area contributed by atoms with E-state index in [2.05, 4.69) is 69.5 Å². The first-order chi connectivity index (χ1) is 13.7. The Morgan fingerprint density at radius 3 is 2.43 bits per heavy atom. The normalized spacial score (nSPS) is 11.4. The van der Waals surface area contributed by atoms with E-state index in [9.17, 15) is 4.79 Å². The van der Waals surface area contributed by atoms with Crippen LogP contribution in [0.5, 0.6) is 0 Å². The van der Waals surface area contributed by atoms with Crippen molar-refractivity contribution < 1.29 is 9.36 Å². The maximum Gasteiger partial charge on any atom is 0.368 e. The summed E-state index contributed by atoms with van der Waals surface area (Å²) in [5, 5.41) is 0. The van der Waals surface area contributed by atoms with Crippen molar-refractivity contribution in [2.24, 2.45) is 7.05 Å². The van der Waals surface area contributed by atoms with E-state index in [1.54, 1.807) is 0 Å². The van der Waals surface area contributed by atoms with Crippen molar-refractivity contribution in [2.45, 2.75) is 26.7 Å². The van der Waals surface area contributed by atoms with Crippen LogP contribution in [0.15, 0.2) is 54.6 Å². The highest BCUT2D eigenvalue weighted by molar-refractivity contribution is 5.80. The van der Waals surface area contributed by atoms with Crippen molar-refractivity contribution in [1.29, 1.82) is 0 Å². The second-order valence-electron chi connectivity index (χ2n) is 7.09. The number of H-pyrrole nitrogens is 1. The van der Waals surface area contributed by atoms with Crippen molar-refractivity contribution in [2.75, 3.05) is 13.1 Å². The van der Waals surface area contributed by atoms with Crippen LogP contribution in [0.3, 0.4) is 0 Å². The van der Waals surface area contributed by atoms with Gasteiger partial charge in [0.05, 0.1) is 7.05 Å². The van der Waals surface area contributed by atoms with E-state index >= 15 is 0 Å². The van der Waals surface area contributed by atoms with E-state index in [1.807, 2.05) is 24.8 Å². The fourth-order valence-electron chi connectivity index (χ4n) is 4.06. The molecule has 4 rings (SSSR count). The van der Waals surface area contributed by atoms with Gasteiger partial charge in [0.25, 0.3) is 0 Å². The molecule has 0 unspecified atom stereocenters. The molecule has 144 valence electrons. The van der Waals surface area contributed by atoms with Gasteiger partial charge in [-0.25, -0.2) is 9.55 Å². The van der Waals surface area contributed by atoms with Gasteiger partial charge in [0.15, 0.2) is 0 Å². The molecule has 5 heteroatoms. The number of nitrogens with zero attached hydrogens (tertiary/aromatic N) is 3. The molecule has 28 heavy (non-hydrogen) atoms. The fourth-order valence-corrected chi connectivity index (χ4v) is 4.06. The third-order valence-corrected chi connectivity index (χ3v) is 5.56. The third-order valence-electron chi connectivity index (χ3n) is 5.56. The number of nitrogens with one attached hydrogen (secondary N) is 1. The predicted octanol–water partition coefficient (Wildman–Crippen LogP) is 3.71. The minimum absolute atomic E-state index is 0.208. The summed E-state index contributed by atoms with van der Waals surface area (Å²) in [7, 11) is 2.08. The summed E-state index contributed by atoms with van der Waals surface area (Å²) in [6, 6.07) is 18.7. The molecule has 5 nitrogen and oxygen atoms in total. The average Bonchev–Trinajstić information content (AvgIpc) is 3.24. The summed E-state index contributed by atoms with van der Waals surface area (Å²) in [4.78, 5) is 18.2. The van der Waals surface area contributed by atoms with Crippen molar-refractivity contribution >= 4 is 22.7 Å². The molecule has 0 fully saturated rings. The monoisotopic (exact) mass is 375 g/mol. The van der Waals surface area contributed by atoms with Gasteiger partial charge in [0.2, 0.25) is 5.91 Å². The standard InChI is InChI=1S/C23H26N4O/c1-4-26(5-2)21(28)16-15-20-22(17-11-7-6-8-12-17)24-23-25(3)18-13-9-10-14-19(18)27(20)23/h6-14H,4-5,15-16H2,1-3H3/p+1. The van der Waals surface area contributed by atoms with E-state index in [0.717, 1.165) is 41.3 Å². The number of fused-ring (bicyclic) bond motifs is 3. The number of carbonyl (C=O) groups is 1. The zero-order chi connectivity index (χ0) is 19.7. The van der Waals surface area contributed by atoms with Crippen molar-refractivity contribution in [1.82, 2.24) is 14.3 Å². The second kappa shape index (κ2) is 7.50. The average molecular weight is 375 g/mol. The molecule has 0 aliphatic rings. The molecular weight excluding hydrogens is 348 g/mol. The van der Waals surface area contributed by atoms with Gasteiger partial charge in [0.1, 0.15) is 22.4 Å². The molecule has 0 bridgehead atoms. The van der Waals surface area contributed by atoms with E-state index in [4.69, 9.17) is 0 Å². The summed E-state index contributed by atoms with van der Waals surface area (Å²) >= 11 is 0. The number of amides is 1. The lowest BCUT2D eigenvalue weighted by molar-refractivity contribution is -0.620. The van der Waals surface area contributed by atoms with E-state index in [1.165, 1.54) is 5.52 Å². The topological polar surface area (TPSA) is 44.4 Å². The number of aromatic amines is 1. The summed E-state index contributed by atoms with van der Waals surface area (Å²) in [6.45, 7) is 5.57. The molecule has 4 aromatic rings. The quantitative estimate of drug-likeness (QED) is 0.513. The maximum absolute atomic E-state index is 12.7. The van der Waals surface area contributed by atoms with Crippen LogP contribution in [0, 0.1) is 0 Å². The maximum atomic E-state index is 12.7. The molecular formula is C23H27N4O+. The van der Waals surface area contributed by atoms with E-state index < -0.39 is 0 Å². The molecule has 2 aromatic heterocycles. The Morgan fingerprint density at radius 1 is 1.04 bits per heavy atom. The highest BCUT2D eigenvalue weighted by Crippen LogP contribution is 2.28. The molecule has 2 heterocycles. The number of aryl methyl sites for hydroxylation is 2. The van der Waals surface area contributed by atoms with Gasteiger partial charge < -0.3 is 4.90 Å². The van der Waals surface area contributed by atoms with Crippen LogP contribution in [-0.4, -0.2) is 33.3 Å². The minimum atomic E-state index is 0.208. The zero-order valence-corrected chi connectivity index (χ0v) is 16.8. The molecule has 0 radical (unpaired) electrons. The van der Waals surface area contributed by atoms with Gasteiger partial charge in [-0.3, -0.25) is 4.79 Å². The number of para-hydroxylation sites is 2. The van der Waals surface area contributed by atoms with Crippen LogP contribution in [0.25, 0.3) is 28.1 Å². The molecule has 1 amide bonds. The second-order valence-corrected chi connectivity index (χ2v) is 7.09. The van der Waals surface area contributed by atoms with Gasteiger partial charge in [0, 0.05) is 31.5 Å². The molecule has 1 N–H and O–H groups in total. The lowest BCUT2D eigenvalue weighted by Crippen LogP contribution is -2.30. The number of benzene rings is 2. The van der Waals surface area contributed by atoms with Crippen LogP contribution >= 0.6 is 0 Å². The Hall–Kier alpha value is -3.08. The highest BCUT2D eigenvalue weighted by atomic mass is 16.2. The molecule has 2 aromatic carbocycles. The number of aromatic nitrogens is 3. The summed E-state index contributed by atoms with van der Waals surface area (Å²) in [6.07, 6.45) is 1.20. The van der Waals surface area contributed by atoms with Gasteiger partial charge in [-0.2, -0.15) is 4.40 Å². The number of hydrogen-bond donors (Lipinski definition) is 1. The van der Waals surface area contributed by atoms with Gasteiger partial charge in [-0.1, -0.05) is 42.5 Å². The van der Waals surface area contributed by atoms with Crippen molar-refractivity contribution in [3.05, 3.63) is 60.3 Å². The number of rotatable bonds is 6. The fraction of sp³-hybridized carbons (Fsp3) is 0.304. The zero-order valence-electron chi connectivity index (χ0n) is 16.8. The summed E-state index contributed by atoms with van der Waals surface area (Å²) < 4.78 is 4.45. The third kappa shape index (κ3) is 2.97. The largest absolute Gasteiger partial charge is 0.368 e. The first-order valence-electron chi connectivity index (χ1n) is 9.98. The Bertz CT molecular complexity index is 1120. The smallest absolute Gasteiger partial charge is 0.343 e. The van der Waals surface area contributed by atoms with Gasteiger partial charge in [-0.15, -0.1) is 0 Å². The predicted molar refractivity (Wildman–Crippen MR) is 112 cm³/mol. The first kappa shape index (κ1) is 18.3. The van der Waals surface area contributed by atoms with Crippen molar-refractivity contribution in [3.63, 3.8) is 0 Å². The molecule has 0 saturated heterocycles. The lowest BCUT2D eigenvalue weighted by Gasteiger charge is -2.18. The van der Waals surface area contributed by atoms with Crippen LogP contribution in [0.4, 0.5) is 0 Å².